The number of carbonyl (C=O) groups is 1. The van der Waals surface area contributed by atoms with Crippen LogP contribution in [0.5, 0.6) is 0 Å². The molecular formula is C35H32N4O4. The van der Waals surface area contributed by atoms with Crippen molar-refractivity contribution in [3.8, 4) is 0 Å². The van der Waals surface area contributed by atoms with E-state index in [1.807, 2.05) is 60.7 Å². The highest BCUT2D eigenvalue weighted by molar-refractivity contribution is 6.03. The molecule has 3 atom stereocenters. The van der Waals surface area contributed by atoms with E-state index in [1.54, 1.807) is 30.3 Å². The third-order valence-corrected chi connectivity index (χ3v) is 7.81. The number of nitrogens with zero attached hydrogens (tertiary/aromatic N) is 2. The average molecular weight is 573 g/mol. The number of aliphatic hydroxyl groups is 1. The van der Waals surface area contributed by atoms with Gasteiger partial charge in [-0.3, -0.25) is 14.7 Å². The Bertz CT molecular complexity index is 1620. The Hall–Kier alpha value is -4.89. The normalized spacial score (nSPS) is 18.3. The zero-order chi connectivity index (χ0) is 29.6. The van der Waals surface area contributed by atoms with Crippen molar-refractivity contribution in [2.75, 3.05) is 11.9 Å². The molecule has 6 rings (SSSR count). The van der Waals surface area contributed by atoms with Crippen LogP contribution in [0.15, 0.2) is 138 Å². The summed E-state index contributed by atoms with van der Waals surface area (Å²) < 4.78 is 7.60. The fourth-order valence-corrected chi connectivity index (χ4v) is 5.67. The second-order valence-electron chi connectivity index (χ2n) is 10.5. The molecule has 1 aromatic heterocycles. The van der Waals surface area contributed by atoms with Crippen LogP contribution in [0.25, 0.3) is 0 Å². The highest BCUT2D eigenvalue weighted by Gasteiger charge is 2.40. The topological polar surface area (TPSA) is 105 Å². The molecule has 3 N–H and O–H groups in total. The summed E-state index contributed by atoms with van der Waals surface area (Å²) in [6.45, 7) is 0.309. The fraction of sp³-hybridized carbons (Fsp3) is 0.171. The lowest BCUT2D eigenvalue weighted by Crippen LogP contribution is -2.49. The van der Waals surface area contributed by atoms with Gasteiger partial charge in [-0.1, -0.05) is 109 Å². The summed E-state index contributed by atoms with van der Waals surface area (Å²) in [5.41, 5.74) is 2.30. The minimum Gasteiger partial charge on any atom is -0.390 e. The number of amides is 1. The molecule has 0 bridgehead atoms. The van der Waals surface area contributed by atoms with Crippen molar-refractivity contribution in [3.63, 3.8) is 0 Å². The number of benzene rings is 4. The first kappa shape index (κ1) is 28.2. The number of ether oxygens (including phenoxy) is 1. The zero-order valence-corrected chi connectivity index (χ0v) is 23.4. The van der Waals surface area contributed by atoms with Crippen LogP contribution in [0.4, 0.5) is 5.82 Å². The van der Waals surface area contributed by atoms with Crippen molar-refractivity contribution in [2.45, 2.75) is 30.4 Å². The molecule has 1 saturated heterocycles. The highest BCUT2D eigenvalue weighted by Crippen LogP contribution is 2.37. The quantitative estimate of drug-likeness (QED) is 0.221. The molecule has 1 aliphatic rings. The molecule has 1 aliphatic heterocycles. The van der Waals surface area contributed by atoms with Crippen molar-refractivity contribution in [2.24, 2.45) is 0 Å². The lowest BCUT2D eigenvalue weighted by Gasteiger charge is -2.38. The Kier molecular flexibility index (Phi) is 8.24. The number of rotatable bonds is 9. The summed E-state index contributed by atoms with van der Waals surface area (Å²) in [5, 5.41) is 17.5. The van der Waals surface area contributed by atoms with Crippen LogP contribution in [0.3, 0.4) is 0 Å². The first-order valence-electron chi connectivity index (χ1n) is 14.3. The number of hydrogen-bond acceptors (Lipinski definition) is 6. The molecule has 8 nitrogen and oxygen atoms in total. The molecule has 1 amide bonds. The minimum absolute atomic E-state index is 0.144. The Morgan fingerprint density at radius 2 is 1.33 bits per heavy atom. The van der Waals surface area contributed by atoms with E-state index in [2.05, 4.69) is 52.0 Å². The Morgan fingerprint density at radius 3 is 1.84 bits per heavy atom. The monoisotopic (exact) mass is 572 g/mol. The van der Waals surface area contributed by atoms with Gasteiger partial charge < -0.3 is 15.2 Å². The van der Waals surface area contributed by atoms with Gasteiger partial charge in [-0.05, 0) is 34.9 Å². The van der Waals surface area contributed by atoms with E-state index in [9.17, 15) is 14.7 Å². The molecule has 1 fully saturated rings. The number of carbonyl (C=O) groups excluding carboxylic acids is 1. The highest BCUT2D eigenvalue weighted by atomic mass is 16.5. The van der Waals surface area contributed by atoms with Gasteiger partial charge in [-0.2, -0.15) is 4.98 Å². The maximum Gasteiger partial charge on any atom is 0.351 e. The van der Waals surface area contributed by atoms with Crippen molar-refractivity contribution >= 4 is 11.7 Å². The van der Waals surface area contributed by atoms with Gasteiger partial charge in [0.25, 0.3) is 5.91 Å². The van der Waals surface area contributed by atoms with E-state index >= 15 is 0 Å². The average Bonchev–Trinajstić information content (AvgIpc) is 3.43. The smallest absolute Gasteiger partial charge is 0.351 e. The van der Waals surface area contributed by atoms with Crippen molar-refractivity contribution < 1.29 is 14.6 Å². The molecular weight excluding hydrogens is 540 g/mol. The van der Waals surface area contributed by atoms with Crippen molar-refractivity contribution in [1.29, 1.82) is 0 Å². The third-order valence-electron chi connectivity index (χ3n) is 7.81. The number of nitrogens with one attached hydrogen (secondary N) is 2. The van der Waals surface area contributed by atoms with Gasteiger partial charge in [0.1, 0.15) is 12.0 Å². The lowest BCUT2D eigenvalue weighted by molar-refractivity contribution is -0.0211. The molecule has 0 spiro atoms. The first-order valence-corrected chi connectivity index (χ1v) is 14.3. The van der Waals surface area contributed by atoms with Crippen molar-refractivity contribution in [3.05, 3.63) is 166 Å². The van der Waals surface area contributed by atoms with E-state index in [0.717, 1.165) is 16.7 Å². The van der Waals surface area contributed by atoms with Gasteiger partial charge in [0.05, 0.1) is 17.7 Å². The summed E-state index contributed by atoms with van der Waals surface area (Å²) >= 11 is 0. The van der Waals surface area contributed by atoms with E-state index < -0.39 is 29.7 Å². The van der Waals surface area contributed by atoms with E-state index in [-0.39, 0.29) is 18.1 Å². The van der Waals surface area contributed by atoms with Crippen LogP contribution >= 0.6 is 0 Å². The molecule has 0 aliphatic carbocycles. The number of aromatic nitrogens is 2. The summed E-state index contributed by atoms with van der Waals surface area (Å²) in [7, 11) is 0. The predicted molar refractivity (Wildman–Crippen MR) is 165 cm³/mol. The molecule has 0 saturated carbocycles. The molecule has 5 aromatic rings. The first-order chi connectivity index (χ1) is 21.0. The van der Waals surface area contributed by atoms with Gasteiger partial charge in [-0.25, -0.2) is 4.79 Å². The zero-order valence-electron chi connectivity index (χ0n) is 23.4. The molecule has 2 heterocycles. The number of aliphatic hydroxyl groups excluding tert-OH is 1. The van der Waals surface area contributed by atoms with Crippen molar-refractivity contribution in [1.82, 2.24) is 14.9 Å². The maximum absolute atomic E-state index is 13.0. The van der Waals surface area contributed by atoms with Gasteiger partial charge >= 0.3 is 5.69 Å². The summed E-state index contributed by atoms with van der Waals surface area (Å²) in [6, 6.07) is 40.8. The van der Waals surface area contributed by atoms with Crippen LogP contribution in [-0.4, -0.2) is 39.3 Å². The van der Waals surface area contributed by atoms with E-state index in [1.165, 1.54) is 10.8 Å². The third kappa shape index (κ3) is 5.89. The van der Waals surface area contributed by atoms with Gasteiger partial charge in [-0.15, -0.1) is 0 Å². The lowest BCUT2D eigenvalue weighted by atomic mass is 9.77. The van der Waals surface area contributed by atoms with Gasteiger partial charge in [0, 0.05) is 24.7 Å². The molecule has 0 unspecified atom stereocenters. The molecule has 216 valence electrons. The molecule has 0 radical (unpaired) electrons. The largest absolute Gasteiger partial charge is 0.390 e. The van der Waals surface area contributed by atoms with Crippen LogP contribution in [0.2, 0.25) is 0 Å². The van der Waals surface area contributed by atoms with Crippen LogP contribution < -0.4 is 16.3 Å². The molecule has 8 heteroatoms. The fourth-order valence-electron chi connectivity index (χ4n) is 5.67. The number of hydrogen-bond donors (Lipinski definition) is 3. The Morgan fingerprint density at radius 1 is 0.814 bits per heavy atom. The molecule has 43 heavy (non-hydrogen) atoms. The summed E-state index contributed by atoms with van der Waals surface area (Å²) in [6.07, 6.45) is -0.365. The second-order valence-corrected chi connectivity index (χ2v) is 10.5. The predicted octanol–water partition coefficient (Wildman–Crippen LogP) is 4.73. The SMILES string of the molecule is O=C(Nc1ccn([C@H]2C[C@H](O)[C@@H](CNC(c3ccccc3)(c3ccccc3)c3ccccc3)O2)c(=O)n1)c1ccccc1. The van der Waals surface area contributed by atoms with Crippen LogP contribution in [-0.2, 0) is 10.3 Å². The van der Waals surface area contributed by atoms with Crippen LogP contribution in [0, 0.1) is 0 Å². The van der Waals surface area contributed by atoms with Gasteiger partial charge in [0.15, 0.2) is 0 Å². The summed E-state index contributed by atoms with van der Waals surface area (Å²) in [5.74, 6) is -0.215. The minimum atomic E-state index is -0.818. The van der Waals surface area contributed by atoms with Gasteiger partial charge in [0.2, 0.25) is 0 Å². The standard InChI is InChI=1S/C35H32N4O4/c40-29-23-32(39-22-21-31(38-34(39)42)37-33(41)25-13-5-1-6-14-25)43-30(29)24-36-35(26-15-7-2-8-16-26,27-17-9-3-10-18-27)28-19-11-4-12-20-28/h1-22,29-30,32,36,40H,23-24H2,(H,37,38,41,42)/t29-,30+,32+/m0/s1. The van der Waals surface area contributed by atoms with Crippen LogP contribution in [0.1, 0.15) is 39.7 Å². The summed E-state index contributed by atoms with van der Waals surface area (Å²) in [4.78, 5) is 29.5. The van der Waals surface area contributed by atoms with E-state index in [0.29, 0.717) is 12.1 Å². The van der Waals surface area contributed by atoms with E-state index in [4.69, 9.17) is 4.74 Å². The number of anilines is 1. The Labute approximate surface area is 249 Å². The molecule has 4 aromatic carbocycles. The second kappa shape index (κ2) is 12.5. The Balaban J connectivity index is 1.23. The maximum atomic E-state index is 13.0.